The molecule has 0 aliphatic carbocycles. The maximum Gasteiger partial charge on any atom is 2.00 e. The van der Waals surface area contributed by atoms with E-state index in [9.17, 15) is 0 Å². The van der Waals surface area contributed by atoms with Crippen LogP contribution in [-0.2, 0) is 38.7 Å². The molecule has 2 aromatic rings. The Morgan fingerprint density at radius 2 is 1.11 bits per heavy atom. The molecule has 0 aliphatic rings. The molecule has 27 heavy (non-hydrogen) atoms. The first-order chi connectivity index (χ1) is 11.5. The molecule has 0 bridgehead atoms. The molecule has 0 aliphatic heterocycles. The van der Waals surface area contributed by atoms with Gasteiger partial charge in [0, 0.05) is 0 Å². The second-order valence-electron chi connectivity index (χ2n) is 11.7. The second-order valence-corrected chi connectivity index (χ2v) is 11.7. The predicted molar refractivity (Wildman–Crippen MR) is 119 cm³/mol. The number of rotatable bonds is 0. The monoisotopic (exact) mass is 410 g/mol. The van der Waals surface area contributed by atoms with Gasteiger partial charge >= 0.3 is 17.1 Å². The molecule has 0 spiro atoms. The summed E-state index contributed by atoms with van der Waals surface area (Å²) >= 11 is 0. The summed E-state index contributed by atoms with van der Waals surface area (Å²) in [5.41, 5.74) is 6.94. The smallest absolute Gasteiger partial charge is 0.214 e. The van der Waals surface area contributed by atoms with Crippen LogP contribution in [0.25, 0.3) is 0 Å². The summed E-state index contributed by atoms with van der Waals surface area (Å²) in [6.45, 7) is 28.2. The summed E-state index contributed by atoms with van der Waals surface area (Å²) in [6.07, 6.45) is 0. The van der Waals surface area contributed by atoms with Crippen molar-refractivity contribution >= 4 is 0 Å². The summed E-state index contributed by atoms with van der Waals surface area (Å²) in [7, 11) is 0. The van der Waals surface area contributed by atoms with Gasteiger partial charge in [-0.25, -0.2) is 12.1 Å². The third-order valence-electron chi connectivity index (χ3n) is 4.75. The van der Waals surface area contributed by atoms with Crippen LogP contribution < -0.4 is 0 Å². The Morgan fingerprint density at radius 3 is 1.33 bits per heavy atom. The predicted octanol–water partition coefficient (Wildman–Crippen LogP) is 8.00. The van der Waals surface area contributed by atoms with Crippen LogP contribution in [0.4, 0.5) is 0 Å². The first-order valence-electron chi connectivity index (χ1n) is 9.99. The van der Waals surface area contributed by atoms with Crippen molar-refractivity contribution < 1.29 is 17.1 Å². The van der Waals surface area contributed by atoms with E-state index in [1.807, 2.05) is 30.3 Å². The minimum Gasteiger partial charge on any atom is -0.214 e. The van der Waals surface area contributed by atoms with Crippen molar-refractivity contribution in [1.82, 2.24) is 0 Å². The van der Waals surface area contributed by atoms with Crippen LogP contribution in [0, 0.1) is 0 Å². The molecule has 0 saturated heterocycles. The summed E-state index contributed by atoms with van der Waals surface area (Å²) in [6, 6.07) is 12.5. The Hall–Kier alpha value is -0.781. The van der Waals surface area contributed by atoms with Gasteiger partial charge in [0.05, 0.1) is 0 Å². The zero-order valence-electron chi connectivity index (χ0n) is 19.8. The maximum atomic E-state index is 2.50. The van der Waals surface area contributed by atoms with Crippen molar-refractivity contribution in [3.8, 4) is 0 Å². The minimum atomic E-state index is 0. The molecule has 0 unspecified atom stereocenters. The third-order valence-corrected chi connectivity index (χ3v) is 4.75. The largest absolute Gasteiger partial charge is 2.00 e. The van der Waals surface area contributed by atoms with E-state index in [-0.39, 0.29) is 38.7 Å². The van der Waals surface area contributed by atoms with E-state index in [0.29, 0.717) is 0 Å². The Bertz CT molecular complexity index is 605. The zero-order valence-corrected chi connectivity index (χ0v) is 20.9. The first-order valence-corrected chi connectivity index (χ1v) is 9.99. The molecular formula is C26H42Fe. The van der Waals surface area contributed by atoms with Crippen molar-refractivity contribution in [3.05, 3.63) is 58.7 Å². The van der Waals surface area contributed by atoms with Crippen molar-refractivity contribution in [2.24, 2.45) is 0 Å². The van der Waals surface area contributed by atoms with Gasteiger partial charge in [0.25, 0.3) is 0 Å². The van der Waals surface area contributed by atoms with Gasteiger partial charge in [-0.05, 0) is 5.41 Å². The molecule has 0 saturated carbocycles. The summed E-state index contributed by atoms with van der Waals surface area (Å²) in [5.74, 6) is 0. The van der Waals surface area contributed by atoms with Crippen LogP contribution in [0.2, 0.25) is 0 Å². The van der Waals surface area contributed by atoms with E-state index in [1.165, 1.54) is 11.1 Å². The fourth-order valence-corrected chi connectivity index (χ4v) is 3.62. The first kappa shape index (κ1) is 26.2. The maximum absolute atomic E-state index is 2.50. The Morgan fingerprint density at radius 1 is 0.667 bits per heavy atom. The van der Waals surface area contributed by atoms with Crippen molar-refractivity contribution in [1.29, 1.82) is 0 Å². The molecule has 0 aromatic heterocycles. The van der Waals surface area contributed by atoms with Gasteiger partial charge in [-0.3, -0.25) is 0 Å². The molecule has 0 heterocycles. The molecule has 1 heteroatoms. The molecule has 0 N–H and O–H groups in total. The Kier molecular flexibility index (Phi) is 8.46. The number of hydrogen-bond donors (Lipinski definition) is 0. The van der Waals surface area contributed by atoms with E-state index in [2.05, 4.69) is 89.2 Å². The van der Waals surface area contributed by atoms with Crippen molar-refractivity contribution in [2.45, 2.75) is 105 Å². The average molecular weight is 410 g/mol. The van der Waals surface area contributed by atoms with Gasteiger partial charge in [0.2, 0.25) is 0 Å². The zero-order chi connectivity index (χ0) is 20.6. The molecule has 2 aromatic carbocycles. The van der Waals surface area contributed by atoms with E-state index in [4.69, 9.17) is 0 Å². The van der Waals surface area contributed by atoms with Crippen LogP contribution in [0.3, 0.4) is 0 Å². The summed E-state index contributed by atoms with van der Waals surface area (Å²) in [5, 5.41) is 0. The van der Waals surface area contributed by atoms with E-state index in [0.717, 1.165) is 0 Å². The van der Waals surface area contributed by atoms with Crippen LogP contribution in [0.15, 0.2) is 36.4 Å². The summed E-state index contributed by atoms with van der Waals surface area (Å²) in [4.78, 5) is 0. The SMILES string of the molecule is CC(C)(C)c1c[c-](C(C)(C)C)c(C(C)(C)C)c1C(C)(C)C.[Fe+2].c1cc[cH-]c1. The van der Waals surface area contributed by atoms with Gasteiger partial charge in [0.1, 0.15) is 0 Å². The molecule has 2 rings (SSSR count). The van der Waals surface area contributed by atoms with Crippen LogP contribution in [0.1, 0.15) is 105 Å². The normalized spacial score (nSPS) is 12.9. The van der Waals surface area contributed by atoms with Crippen molar-refractivity contribution in [3.63, 3.8) is 0 Å². The minimum absolute atomic E-state index is 0. The van der Waals surface area contributed by atoms with Crippen molar-refractivity contribution in [2.75, 3.05) is 0 Å². The number of hydrogen-bond acceptors (Lipinski definition) is 0. The molecule has 0 fully saturated rings. The summed E-state index contributed by atoms with van der Waals surface area (Å²) < 4.78 is 0. The fraction of sp³-hybridized carbons (Fsp3) is 0.615. The third kappa shape index (κ3) is 6.95. The topological polar surface area (TPSA) is 0 Å². The second kappa shape index (κ2) is 8.71. The average Bonchev–Trinajstić information content (AvgIpc) is 3.06. The fourth-order valence-electron chi connectivity index (χ4n) is 3.62. The Balaban J connectivity index is 0.000000969. The molecule has 0 nitrogen and oxygen atoms in total. The van der Waals surface area contributed by atoms with E-state index >= 15 is 0 Å². The van der Waals surface area contributed by atoms with Gasteiger partial charge in [0.15, 0.2) is 0 Å². The quantitative estimate of drug-likeness (QED) is 0.305. The van der Waals surface area contributed by atoms with Gasteiger partial charge < -0.3 is 0 Å². The molecule has 0 atom stereocenters. The van der Waals surface area contributed by atoms with E-state index in [1.54, 1.807) is 11.1 Å². The molecule has 154 valence electrons. The van der Waals surface area contributed by atoms with Gasteiger partial charge in [-0.2, -0.15) is 41.0 Å². The van der Waals surface area contributed by atoms with Crippen LogP contribution >= 0.6 is 0 Å². The van der Waals surface area contributed by atoms with Crippen LogP contribution in [0.5, 0.6) is 0 Å². The Labute approximate surface area is 180 Å². The standard InChI is InChI=1S/C21H37.C5H5.Fe/c1-18(2,3)14-13-15(19(4,5)6)17(21(10,11)12)16(14)20(7,8)9;1-2-4-5-3-1;/h13H,1-12H3;1-5H;/q2*-1;+2. The molecular weight excluding hydrogens is 368 g/mol. The molecule has 0 amide bonds. The molecule has 0 radical (unpaired) electrons. The van der Waals surface area contributed by atoms with Gasteiger partial charge in [-0.15, -0.1) is 5.56 Å². The van der Waals surface area contributed by atoms with E-state index < -0.39 is 0 Å². The van der Waals surface area contributed by atoms with Gasteiger partial charge in [-0.1, -0.05) is 99.3 Å². The van der Waals surface area contributed by atoms with Crippen LogP contribution in [-0.4, -0.2) is 0 Å².